The fourth-order valence-corrected chi connectivity index (χ4v) is 2.06. The molecule has 1 aromatic rings. The van der Waals surface area contributed by atoms with Crippen molar-refractivity contribution in [2.45, 2.75) is 39.2 Å². The summed E-state index contributed by atoms with van der Waals surface area (Å²) >= 11 is 0. The van der Waals surface area contributed by atoms with Crippen LogP contribution in [-0.4, -0.2) is 23.6 Å². The van der Waals surface area contributed by atoms with Gasteiger partial charge >= 0.3 is 0 Å². The molecule has 0 aromatic heterocycles. The molecule has 2 nitrogen and oxygen atoms in total. The van der Waals surface area contributed by atoms with Gasteiger partial charge in [-0.1, -0.05) is 32.4 Å². The summed E-state index contributed by atoms with van der Waals surface area (Å²) in [5.74, 6) is 0.342. The van der Waals surface area contributed by atoms with Crippen molar-refractivity contribution < 1.29 is 5.11 Å². The first-order chi connectivity index (χ1) is 7.69. The summed E-state index contributed by atoms with van der Waals surface area (Å²) in [6, 6.07) is 8.04. The number of unbranched alkanes of at least 4 members (excludes halogenated alkanes) is 1. The van der Waals surface area contributed by atoms with Gasteiger partial charge in [-0.25, -0.2) is 0 Å². The zero-order valence-electron chi connectivity index (χ0n) is 10.6. The van der Waals surface area contributed by atoms with Crippen molar-refractivity contribution in [2.75, 3.05) is 13.6 Å². The fourth-order valence-electron chi connectivity index (χ4n) is 2.06. The summed E-state index contributed by atoms with van der Waals surface area (Å²) in [5, 5.41) is 9.28. The summed E-state index contributed by atoms with van der Waals surface area (Å²) in [6.07, 6.45) is 3.58. The van der Waals surface area contributed by atoms with Gasteiger partial charge in [0.25, 0.3) is 0 Å². The van der Waals surface area contributed by atoms with Crippen molar-refractivity contribution >= 4 is 0 Å². The largest absolute Gasteiger partial charge is 0.508 e. The number of phenolic OH excluding ortho intramolecular Hbond substituents is 1. The lowest BCUT2D eigenvalue weighted by atomic mass is 10.0. The predicted octanol–water partition coefficient (Wildman–Crippen LogP) is 3.58. The van der Waals surface area contributed by atoms with Crippen LogP contribution >= 0.6 is 0 Å². The third-order valence-corrected chi connectivity index (χ3v) is 3.06. The Kier molecular flexibility index (Phi) is 5.33. The van der Waals surface area contributed by atoms with Crippen molar-refractivity contribution in [3.05, 3.63) is 29.8 Å². The highest BCUT2D eigenvalue weighted by Crippen LogP contribution is 2.24. The molecule has 0 aliphatic rings. The first-order valence-electron chi connectivity index (χ1n) is 6.18. The molecule has 0 radical (unpaired) electrons. The van der Waals surface area contributed by atoms with E-state index in [-0.39, 0.29) is 0 Å². The number of benzene rings is 1. The normalized spacial score (nSPS) is 13.0. The van der Waals surface area contributed by atoms with E-state index in [9.17, 15) is 5.11 Å². The maximum Gasteiger partial charge on any atom is 0.115 e. The van der Waals surface area contributed by atoms with Gasteiger partial charge in [-0.3, -0.25) is 4.90 Å². The van der Waals surface area contributed by atoms with Crippen LogP contribution < -0.4 is 0 Å². The lowest BCUT2D eigenvalue weighted by molar-refractivity contribution is 0.235. The van der Waals surface area contributed by atoms with Crippen molar-refractivity contribution in [3.63, 3.8) is 0 Å². The van der Waals surface area contributed by atoms with Crippen LogP contribution in [0.4, 0.5) is 0 Å². The van der Waals surface area contributed by atoms with Crippen LogP contribution in [0.15, 0.2) is 24.3 Å². The summed E-state index contributed by atoms with van der Waals surface area (Å²) in [4.78, 5) is 2.40. The highest BCUT2D eigenvalue weighted by molar-refractivity contribution is 5.27. The fraction of sp³-hybridized carbons (Fsp3) is 0.571. The summed E-state index contributed by atoms with van der Waals surface area (Å²) in [7, 11) is 2.18. The second-order valence-electron chi connectivity index (χ2n) is 4.35. The van der Waals surface area contributed by atoms with Crippen LogP contribution in [0.2, 0.25) is 0 Å². The molecule has 1 unspecified atom stereocenters. The molecule has 0 amide bonds. The molecule has 0 saturated heterocycles. The van der Waals surface area contributed by atoms with Gasteiger partial charge in [0.1, 0.15) is 5.75 Å². The maximum absolute atomic E-state index is 9.28. The van der Waals surface area contributed by atoms with Gasteiger partial charge in [0.05, 0.1) is 0 Å². The standard InChI is InChI=1S/C14H23NO/c1-4-6-11-15(3)14(5-2)12-7-9-13(16)10-8-12/h7-10,14,16H,4-6,11H2,1-3H3. The molecule has 0 aliphatic carbocycles. The Morgan fingerprint density at radius 3 is 2.31 bits per heavy atom. The minimum Gasteiger partial charge on any atom is -0.508 e. The monoisotopic (exact) mass is 221 g/mol. The number of hydrogen-bond acceptors (Lipinski definition) is 2. The van der Waals surface area contributed by atoms with Gasteiger partial charge in [-0.2, -0.15) is 0 Å². The molecule has 0 saturated carbocycles. The van der Waals surface area contributed by atoms with Crippen LogP contribution in [0, 0.1) is 0 Å². The van der Waals surface area contributed by atoms with E-state index in [4.69, 9.17) is 0 Å². The number of nitrogens with zero attached hydrogens (tertiary/aromatic N) is 1. The molecule has 1 atom stereocenters. The highest BCUT2D eigenvalue weighted by atomic mass is 16.3. The predicted molar refractivity (Wildman–Crippen MR) is 68.7 cm³/mol. The second kappa shape index (κ2) is 6.54. The highest BCUT2D eigenvalue weighted by Gasteiger charge is 2.14. The van der Waals surface area contributed by atoms with Crippen molar-refractivity contribution in [2.24, 2.45) is 0 Å². The second-order valence-corrected chi connectivity index (χ2v) is 4.35. The SMILES string of the molecule is CCCCN(C)C(CC)c1ccc(O)cc1. The minimum atomic E-state index is 0.342. The third kappa shape index (κ3) is 3.53. The van der Waals surface area contributed by atoms with Gasteiger partial charge < -0.3 is 5.11 Å². The van der Waals surface area contributed by atoms with E-state index in [2.05, 4.69) is 25.8 Å². The zero-order chi connectivity index (χ0) is 12.0. The first kappa shape index (κ1) is 13.0. The molecule has 1 N–H and O–H groups in total. The molecule has 0 aliphatic heterocycles. The topological polar surface area (TPSA) is 23.5 Å². The molecule has 90 valence electrons. The molecule has 0 bridgehead atoms. The van der Waals surface area contributed by atoms with Crippen molar-refractivity contribution in [1.82, 2.24) is 4.90 Å². The summed E-state index contributed by atoms with van der Waals surface area (Å²) in [5.41, 5.74) is 1.29. The van der Waals surface area contributed by atoms with Crippen LogP contribution in [0.25, 0.3) is 0 Å². The molecule has 1 rings (SSSR count). The molecule has 0 heterocycles. The Morgan fingerprint density at radius 1 is 1.19 bits per heavy atom. The minimum absolute atomic E-state index is 0.342. The van der Waals surface area contributed by atoms with Crippen LogP contribution in [0.1, 0.15) is 44.7 Å². The Balaban J connectivity index is 2.69. The lowest BCUT2D eigenvalue weighted by Crippen LogP contribution is -2.25. The molecular weight excluding hydrogens is 198 g/mol. The maximum atomic E-state index is 9.28. The van der Waals surface area contributed by atoms with E-state index in [0.717, 1.165) is 13.0 Å². The zero-order valence-corrected chi connectivity index (χ0v) is 10.6. The van der Waals surface area contributed by atoms with E-state index < -0.39 is 0 Å². The Morgan fingerprint density at radius 2 is 1.81 bits per heavy atom. The lowest BCUT2D eigenvalue weighted by Gasteiger charge is -2.27. The molecule has 0 spiro atoms. The van der Waals surface area contributed by atoms with Gasteiger partial charge in [-0.15, -0.1) is 0 Å². The smallest absolute Gasteiger partial charge is 0.115 e. The Bertz CT molecular complexity index is 294. The molecule has 2 heteroatoms. The van der Waals surface area contributed by atoms with E-state index in [1.54, 1.807) is 12.1 Å². The summed E-state index contributed by atoms with van der Waals surface area (Å²) < 4.78 is 0. The van der Waals surface area contributed by atoms with E-state index in [0.29, 0.717) is 11.8 Å². The average Bonchev–Trinajstić information content (AvgIpc) is 2.30. The van der Waals surface area contributed by atoms with Crippen LogP contribution in [0.5, 0.6) is 5.75 Å². The molecule has 1 aromatic carbocycles. The van der Waals surface area contributed by atoms with Crippen molar-refractivity contribution in [1.29, 1.82) is 0 Å². The molecule has 16 heavy (non-hydrogen) atoms. The first-order valence-corrected chi connectivity index (χ1v) is 6.18. The van der Waals surface area contributed by atoms with Crippen LogP contribution in [-0.2, 0) is 0 Å². The summed E-state index contributed by atoms with van der Waals surface area (Å²) in [6.45, 7) is 5.56. The number of aromatic hydroxyl groups is 1. The van der Waals surface area contributed by atoms with Gasteiger partial charge in [-0.05, 0) is 44.1 Å². The Hall–Kier alpha value is -1.02. The van der Waals surface area contributed by atoms with E-state index in [1.165, 1.54) is 18.4 Å². The van der Waals surface area contributed by atoms with Gasteiger partial charge in [0.15, 0.2) is 0 Å². The quantitative estimate of drug-likeness (QED) is 0.793. The van der Waals surface area contributed by atoms with Crippen LogP contribution in [0.3, 0.4) is 0 Å². The van der Waals surface area contributed by atoms with Gasteiger partial charge in [0.2, 0.25) is 0 Å². The average molecular weight is 221 g/mol. The molecule has 0 fully saturated rings. The third-order valence-electron chi connectivity index (χ3n) is 3.06. The van der Waals surface area contributed by atoms with Gasteiger partial charge in [0, 0.05) is 6.04 Å². The van der Waals surface area contributed by atoms with Crippen molar-refractivity contribution in [3.8, 4) is 5.75 Å². The van der Waals surface area contributed by atoms with E-state index >= 15 is 0 Å². The number of phenols is 1. The number of hydrogen-bond donors (Lipinski definition) is 1. The Labute approximate surface area is 98.9 Å². The molecular formula is C14H23NO. The van der Waals surface area contributed by atoms with E-state index in [1.807, 2.05) is 12.1 Å². The number of rotatable bonds is 6.